The van der Waals surface area contributed by atoms with E-state index in [1.54, 1.807) is 12.1 Å². The minimum atomic E-state index is -1.11. The Morgan fingerprint density at radius 2 is 1.84 bits per heavy atom. The molecule has 0 aliphatic carbocycles. The van der Waals surface area contributed by atoms with Gasteiger partial charge in [-0.3, -0.25) is 0 Å². The van der Waals surface area contributed by atoms with E-state index in [0.29, 0.717) is 12.2 Å². The zero-order chi connectivity index (χ0) is 13.7. The van der Waals surface area contributed by atoms with Gasteiger partial charge in [-0.15, -0.1) is 0 Å². The molecule has 3 nitrogen and oxygen atoms in total. The second-order valence-electron chi connectivity index (χ2n) is 3.75. The molecule has 19 heavy (non-hydrogen) atoms. The second-order valence-corrected chi connectivity index (χ2v) is 6.70. The van der Waals surface area contributed by atoms with E-state index in [0.717, 1.165) is 12.9 Å². The zero-order valence-electron chi connectivity index (χ0n) is 10.4. The van der Waals surface area contributed by atoms with Gasteiger partial charge in [0.2, 0.25) is 3.57 Å². The predicted molar refractivity (Wildman–Crippen MR) is 65.8 cm³/mol. The van der Waals surface area contributed by atoms with Crippen molar-refractivity contribution in [2.24, 2.45) is 0 Å². The maximum atomic E-state index is 11.0. The molecule has 0 spiro atoms. The first kappa shape index (κ1) is 13.9. The summed E-state index contributed by atoms with van der Waals surface area (Å²) in [6.07, 6.45) is 0. The molecule has 2 aromatic rings. The minimum absolute atomic E-state index is 0.296. The third-order valence-electron chi connectivity index (χ3n) is 2.43. The van der Waals surface area contributed by atoms with Crippen molar-refractivity contribution in [3.8, 4) is 5.75 Å². The topological polar surface area (TPSA) is 49.4 Å². The van der Waals surface area contributed by atoms with E-state index in [1.165, 1.54) is 0 Å². The number of ether oxygens (including phenoxy) is 1. The summed E-state index contributed by atoms with van der Waals surface area (Å²) < 4.78 is 7.40. The van der Waals surface area contributed by atoms with Gasteiger partial charge in [0.15, 0.2) is 3.57 Å². The van der Waals surface area contributed by atoms with Crippen LogP contribution < -0.4 is 31.0 Å². The Balaban J connectivity index is 2.19. The number of carbonyl (C=O) groups excluding carboxylic acids is 1. The minimum Gasteiger partial charge on any atom is -0.545 e. The number of halogens is 1. The van der Waals surface area contributed by atoms with E-state index in [1.807, 2.05) is 43.3 Å². The molecular formula is C15H13IO3. The number of carboxylic acids is 1. The summed E-state index contributed by atoms with van der Waals surface area (Å²) in [7, 11) is 0. The van der Waals surface area contributed by atoms with Crippen LogP contribution in [0, 0.1) is 7.14 Å². The van der Waals surface area contributed by atoms with E-state index < -0.39 is 27.2 Å². The molecule has 0 atom stereocenters. The molecule has 0 saturated carbocycles. The van der Waals surface area contributed by atoms with Gasteiger partial charge in [-0.05, 0) is 43.3 Å². The van der Waals surface area contributed by atoms with Crippen molar-refractivity contribution < 1.29 is 35.8 Å². The van der Waals surface area contributed by atoms with Crippen molar-refractivity contribution in [3.05, 3.63) is 61.2 Å². The van der Waals surface area contributed by atoms with E-state index in [4.69, 9.17) is 4.74 Å². The lowest BCUT2D eigenvalue weighted by molar-refractivity contribution is -0.598. The maximum absolute atomic E-state index is 11.0. The predicted octanol–water partition coefficient (Wildman–Crippen LogP) is -1.42. The lowest BCUT2D eigenvalue weighted by atomic mass is 10.2. The van der Waals surface area contributed by atoms with Crippen molar-refractivity contribution >= 4 is 5.97 Å². The Bertz CT molecular complexity index is 564. The van der Waals surface area contributed by atoms with Crippen molar-refractivity contribution in [2.45, 2.75) is 6.92 Å². The molecule has 2 rings (SSSR count). The zero-order valence-corrected chi connectivity index (χ0v) is 12.6. The third-order valence-corrected chi connectivity index (χ3v) is 5.29. The molecule has 0 bridgehead atoms. The van der Waals surface area contributed by atoms with Crippen LogP contribution in [0.3, 0.4) is 0 Å². The fraction of sp³-hybridized carbons (Fsp3) is 0.133. The molecule has 0 heterocycles. The van der Waals surface area contributed by atoms with Crippen LogP contribution in [0.2, 0.25) is 0 Å². The average Bonchev–Trinajstić information content (AvgIpc) is 2.42. The highest BCUT2D eigenvalue weighted by Gasteiger charge is 2.19. The van der Waals surface area contributed by atoms with Gasteiger partial charge in [0.05, 0.1) is 18.1 Å². The summed E-state index contributed by atoms with van der Waals surface area (Å²) in [5.41, 5.74) is 0.296. The van der Waals surface area contributed by atoms with Gasteiger partial charge in [0.25, 0.3) is 0 Å². The van der Waals surface area contributed by atoms with E-state index in [9.17, 15) is 9.90 Å². The molecule has 0 fully saturated rings. The molecule has 0 aliphatic rings. The van der Waals surface area contributed by atoms with Crippen LogP contribution in [0.4, 0.5) is 0 Å². The van der Waals surface area contributed by atoms with Gasteiger partial charge in [-0.2, -0.15) is 0 Å². The van der Waals surface area contributed by atoms with Gasteiger partial charge in [0, 0.05) is 0 Å². The lowest BCUT2D eigenvalue weighted by Crippen LogP contribution is -3.61. The third kappa shape index (κ3) is 3.70. The SMILES string of the molecule is CCOc1ccc([I+]c2ccccc2C(=O)[O-])cc1. The molecule has 0 unspecified atom stereocenters. The van der Waals surface area contributed by atoms with Crippen LogP contribution in [0.5, 0.6) is 5.75 Å². The standard InChI is InChI=1S/C15H13IO3/c1-2-19-12-9-7-11(8-10-12)16-14-6-4-3-5-13(14)15(17)18/h3-10H,2H2,1H3. The van der Waals surface area contributed by atoms with Crippen LogP contribution in [-0.4, -0.2) is 12.6 Å². The number of benzene rings is 2. The van der Waals surface area contributed by atoms with Crippen molar-refractivity contribution in [2.75, 3.05) is 6.61 Å². The Hall–Kier alpha value is -1.56. The first-order chi connectivity index (χ1) is 9.20. The molecule has 0 N–H and O–H groups in total. The van der Waals surface area contributed by atoms with Gasteiger partial charge < -0.3 is 14.6 Å². The molecular weight excluding hydrogens is 355 g/mol. The molecule has 98 valence electrons. The second kappa shape index (κ2) is 6.56. The summed E-state index contributed by atoms with van der Waals surface area (Å²) in [6.45, 7) is 2.58. The number of carbonyl (C=O) groups is 1. The molecule has 0 aliphatic heterocycles. The van der Waals surface area contributed by atoms with Gasteiger partial charge >= 0.3 is 21.2 Å². The van der Waals surface area contributed by atoms with Gasteiger partial charge in [-0.1, -0.05) is 12.1 Å². The molecule has 0 amide bonds. The first-order valence-electron chi connectivity index (χ1n) is 5.88. The summed E-state index contributed by atoms with van der Waals surface area (Å²) in [5.74, 6) is -0.273. The highest BCUT2D eigenvalue weighted by Crippen LogP contribution is 2.07. The van der Waals surface area contributed by atoms with Crippen molar-refractivity contribution in [1.29, 1.82) is 0 Å². The van der Waals surface area contributed by atoms with Gasteiger partial charge in [0.1, 0.15) is 5.75 Å². The Kier molecular flexibility index (Phi) is 4.79. The Labute approximate surface area is 122 Å². The first-order valence-corrected chi connectivity index (χ1v) is 8.04. The molecule has 4 heteroatoms. The smallest absolute Gasteiger partial charge is 0.358 e. The number of hydrogen-bond donors (Lipinski definition) is 0. The van der Waals surface area contributed by atoms with Crippen LogP contribution in [0.1, 0.15) is 17.3 Å². The quantitative estimate of drug-likeness (QED) is 0.609. The van der Waals surface area contributed by atoms with E-state index in [2.05, 4.69) is 0 Å². The highest BCUT2D eigenvalue weighted by molar-refractivity contribution is 5.85. The van der Waals surface area contributed by atoms with E-state index in [-0.39, 0.29) is 0 Å². The Morgan fingerprint density at radius 1 is 1.16 bits per heavy atom. The number of carboxylic acid groups (broad SMARTS) is 1. The monoisotopic (exact) mass is 368 g/mol. The number of rotatable bonds is 5. The van der Waals surface area contributed by atoms with Crippen molar-refractivity contribution in [3.63, 3.8) is 0 Å². The fourth-order valence-corrected chi connectivity index (χ4v) is 4.06. The van der Waals surface area contributed by atoms with Crippen LogP contribution in [0.25, 0.3) is 0 Å². The normalized spacial score (nSPS) is 10.2. The summed E-state index contributed by atoms with van der Waals surface area (Å²) in [5, 5.41) is 11.0. The number of hydrogen-bond acceptors (Lipinski definition) is 3. The molecule has 2 aromatic carbocycles. The Morgan fingerprint density at radius 3 is 2.47 bits per heavy atom. The van der Waals surface area contributed by atoms with E-state index >= 15 is 0 Å². The average molecular weight is 368 g/mol. The largest absolute Gasteiger partial charge is 0.545 e. The fourth-order valence-electron chi connectivity index (χ4n) is 1.59. The summed E-state index contributed by atoms with van der Waals surface area (Å²) >= 11 is -0.526. The van der Waals surface area contributed by atoms with Crippen LogP contribution in [-0.2, 0) is 0 Å². The van der Waals surface area contributed by atoms with Crippen LogP contribution in [0.15, 0.2) is 48.5 Å². The molecule has 0 aromatic heterocycles. The van der Waals surface area contributed by atoms with Crippen molar-refractivity contribution in [1.82, 2.24) is 0 Å². The summed E-state index contributed by atoms with van der Waals surface area (Å²) in [4.78, 5) is 11.0. The lowest BCUT2D eigenvalue weighted by Gasteiger charge is -2.02. The van der Waals surface area contributed by atoms with Gasteiger partial charge in [-0.25, -0.2) is 0 Å². The van der Waals surface area contributed by atoms with Crippen LogP contribution >= 0.6 is 0 Å². The summed E-state index contributed by atoms with van der Waals surface area (Å²) in [6, 6.07) is 14.8. The number of aromatic carboxylic acids is 1. The molecule has 0 radical (unpaired) electrons. The highest BCUT2D eigenvalue weighted by atomic mass is 127. The molecule has 0 saturated heterocycles. The maximum Gasteiger partial charge on any atom is 0.358 e.